The quantitative estimate of drug-likeness (QED) is 0.863. The molecule has 19 heavy (non-hydrogen) atoms. The van der Waals surface area contributed by atoms with E-state index in [-0.39, 0.29) is 13.2 Å². The molecule has 0 atom stereocenters. The molecule has 2 rings (SSSR count). The largest absolute Gasteiger partial charge is 0.489 e. The summed E-state index contributed by atoms with van der Waals surface area (Å²) in [5.41, 5.74) is 6.64. The molecule has 0 aliphatic carbocycles. The lowest BCUT2D eigenvalue weighted by Crippen LogP contribution is -2.10. The van der Waals surface area contributed by atoms with Gasteiger partial charge in [0.1, 0.15) is 18.2 Å². The van der Waals surface area contributed by atoms with Crippen LogP contribution in [-0.2, 0) is 0 Å². The molecule has 0 bridgehead atoms. The number of benzene rings is 1. The van der Waals surface area contributed by atoms with Gasteiger partial charge in [0.05, 0.1) is 6.33 Å². The summed E-state index contributed by atoms with van der Waals surface area (Å²) in [6.07, 6.45) is 0.477. The molecule has 2 aromatic rings. The standard InChI is InChI=1S/C13H15FN4O/c1-9-16-13(18-17-9)11-2-4-12(5-3-11)19-8-10(6-14)7-15/h2-6H,7-8,15H2,1H3,(H,16,17,18)/b10-6-. The minimum atomic E-state index is 0.144. The Morgan fingerprint density at radius 1 is 1.42 bits per heavy atom. The van der Waals surface area contributed by atoms with E-state index < -0.39 is 0 Å². The molecule has 6 heteroatoms. The number of aryl methyl sites for hydroxylation is 1. The summed E-state index contributed by atoms with van der Waals surface area (Å²) in [4.78, 5) is 4.23. The second-order valence-corrected chi connectivity index (χ2v) is 4.03. The van der Waals surface area contributed by atoms with Gasteiger partial charge in [-0.2, -0.15) is 5.10 Å². The number of hydrogen-bond acceptors (Lipinski definition) is 4. The van der Waals surface area contributed by atoms with Crippen LogP contribution in [0.25, 0.3) is 11.4 Å². The van der Waals surface area contributed by atoms with Gasteiger partial charge in [-0.1, -0.05) is 0 Å². The van der Waals surface area contributed by atoms with Crippen molar-refractivity contribution in [2.75, 3.05) is 13.2 Å². The van der Waals surface area contributed by atoms with Crippen molar-refractivity contribution in [3.63, 3.8) is 0 Å². The Bertz CT molecular complexity index is 562. The molecule has 3 N–H and O–H groups in total. The van der Waals surface area contributed by atoms with Crippen molar-refractivity contribution in [3.05, 3.63) is 42.0 Å². The van der Waals surface area contributed by atoms with E-state index in [0.29, 0.717) is 23.5 Å². The van der Waals surface area contributed by atoms with Gasteiger partial charge in [0.2, 0.25) is 0 Å². The molecule has 0 saturated carbocycles. The molecule has 0 fully saturated rings. The molecule has 0 aliphatic heterocycles. The van der Waals surface area contributed by atoms with Crippen LogP contribution < -0.4 is 10.5 Å². The van der Waals surface area contributed by atoms with Crippen molar-refractivity contribution in [2.24, 2.45) is 5.73 Å². The van der Waals surface area contributed by atoms with Gasteiger partial charge in [-0.15, -0.1) is 0 Å². The molecule has 1 aromatic carbocycles. The fourth-order valence-electron chi connectivity index (χ4n) is 1.48. The van der Waals surface area contributed by atoms with E-state index in [0.717, 1.165) is 11.4 Å². The number of rotatable bonds is 5. The molecule has 5 nitrogen and oxygen atoms in total. The highest BCUT2D eigenvalue weighted by Gasteiger charge is 2.04. The highest BCUT2D eigenvalue weighted by molar-refractivity contribution is 5.55. The van der Waals surface area contributed by atoms with Gasteiger partial charge in [-0.25, -0.2) is 9.37 Å². The van der Waals surface area contributed by atoms with Crippen molar-refractivity contribution >= 4 is 0 Å². The van der Waals surface area contributed by atoms with Gasteiger partial charge in [-0.3, -0.25) is 5.10 Å². The van der Waals surface area contributed by atoms with Crippen LogP contribution in [-0.4, -0.2) is 28.3 Å². The zero-order chi connectivity index (χ0) is 13.7. The van der Waals surface area contributed by atoms with E-state index in [4.69, 9.17) is 10.5 Å². The minimum absolute atomic E-state index is 0.144. The van der Waals surface area contributed by atoms with Crippen molar-refractivity contribution < 1.29 is 9.13 Å². The van der Waals surface area contributed by atoms with Crippen LogP contribution >= 0.6 is 0 Å². The Kier molecular flexibility index (Phi) is 4.25. The van der Waals surface area contributed by atoms with Gasteiger partial charge >= 0.3 is 0 Å². The zero-order valence-corrected chi connectivity index (χ0v) is 10.6. The summed E-state index contributed by atoms with van der Waals surface area (Å²) in [5, 5.41) is 6.85. The second-order valence-electron chi connectivity index (χ2n) is 4.03. The number of nitrogens with two attached hydrogens (primary N) is 1. The summed E-state index contributed by atoms with van der Waals surface area (Å²) in [5.74, 6) is 2.04. The lowest BCUT2D eigenvalue weighted by Gasteiger charge is -2.07. The van der Waals surface area contributed by atoms with Crippen LogP contribution in [0.5, 0.6) is 5.75 Å². The van der Waals surface area contributed by atoms with Crippen LogP contribution in [0.1, 0.15) is 5.82 Å². The maximum absolute atomic E-state index is 12.3. The lowest BCUT2D eigenvalue weighted by atomic mass is 10.2. The van der Waals surface area contributed by atoms with Crippen molar-refractivity contribution in [2.45, 2.75) is 6.92 Å². The molecule has 0 radical (unpaired) electrons. The maximum atomic E-state index is 12.3. The first-order chi connectivity index (χ1) is 9.22. The van der Waals surface area contributed by atoms with Crippen LogP contribution in [0.4, 0.5) is 4.39 Å². The minimum Gasteiger partial charge on any atom is -0.489 e. The number of hydrogen-bond donors (Lipinski definition) is 2. The summed E-state index contributed by atoms with van der Waals surface area (Å²) in [7, 11) is 0. The lowest BCUT2D eigenvalue weighted by molar-refractivity contribution is 0.347. The molecule has 0 spiro atoms. The topological polar surface area (TPSA) is 76.8 Å². The molecule has 0 saturated heterocycles. The van der Waals surface area contributed by atoms with Crippen LogP contribution in [0, 0.1) is 6.92 Å². The molecule has 1 heterocycles. The highest BCUT2D eigenvalue weighted by atomic mass is 19.1. The number of aromatic nitrogens is 3. The fraction of sp³-hybridized carbons (Fsp3) is 0.231. The first kappa shape index (κ1) is 13.2. The van der Waals surface area contributed by atoms with Crippen molar-refractivity contribution in [1.82, 2.24) is 15.2 Å². The molecule has 0 unspecified atom stereocenters. The number of H-pyrrole nitrogens is 1. The Morgan fingerprint density at radius 3 is 2.68 bits per heavy atom. The van der Waals surface area contributed by atoms with Gasteiger partial charge in [0.15, 0.2) is 5.82 Å². The third-order valence-corrected chi connectivity index (χ3v) is 2.55. The number of aromatic amines is 1. The Morgan fingerprint density at radius 2 is 2.16 bits per heavy atom. The smallest absolute Gasteiger partial charge is 0.181 e. The summed E-state index contributed by atoms with van der Waals surface area (Å²) in [6, 6.07) is 7.26. The van der Waals surface area contributed by atoms with Crippen molar-refractivity contribution in [3.8, 4) is 17.1 Å². The maximum Gasteiger partial charge on any atom is 0.181 e. The Balaban J connectivity index is 2.02. The number of ether oxygens (including phenoxy) is 1. The van der Waals surface area contributed by atoms with E-state index in [1.807, 2.05) is 19.1 Å². The average Bonchev–Trinajstić information content (AvgIpc) is 2.87. The van der Waals surface area contributed by atoms with Crippen LogP contribution in [0.15, 0.2) is 36.2 Å². The molecule has 100 valence electrons. The van der Waals surface area contributed by atoms with E-state index in [2.05, 4.69) is 15.2 Å². The number of nitrogens with zero attached hydrogens (tertiary/aromatic N) is 2. The second kappa shape index (κ2) is 6.10. The van der Waals surface area contributed by atoms with Crippen LogP contribution in [0.3, 0.4) is 0 Å². The predicted octanol–water partition coefficient (Wildman–Crippen LogP) is 1.97. The fourth-order valence-corrected chi connectivity index (χ4v) is 1.48. The van der Waals surface area contributed by atoms with Crippen molar-refractivity contribution in [1.29, 1.82) is 0 Å². The third-order valence-electron chi connectivity index (χ3n) is 2.55. The molecule has 0 amide bonds. The molecule has 0 aliphatic rings. The molecule has 1 aromatic heterocycles. The zero-order valence-electron chi connectivity index (χ0n) is 10.6. The Hall–Kier alpha value is -2.21. The Labute approximate surface area is 110 Å². The van der Waals surface area contributed by atoms with Gasteiger partial charge in [0.25, 0.3) is 0 Å². The summed E-state index contributed by atoms with van der Waals surface area (Å²) < 4.78 is 17.7. The van der Waals surface area contributed by atoms with E-state index in [1.54, 1.807) is 12.1 Å². The number of nitrogens with one attached hydrogen (secondary N) is 1. The number of halogens is 1. The van der Waals surface area contributed by atoms with Gasteiger partial charge < -0.3 is 10.5 Å². The SMILES string of the molecule is Cc1nc(-c2ccc(OC/C(=C\F)CN)cc2)n[nH]1. The summed E-state index contributed by atoms with van der Waals surface area (Å²) >= 11 is 0. The van der Waals surface area contributed by atoms with Crippen LogP contribution in [0.2, 0.25) is 0 Å². The van der Waals surface area contributed by atoms with Gasteiger partial charge in [-0.05, 0) is 31.2 Å². The highest BCUT2D eigenvalue weighted by Crippen LogP contribution is 2.19. The first-order valence-electron chi connectivity index (χ1n) is 5.83. The van der Waals surface area contributed by atoms with E-state index >= 15 is 0 Å². The normalized spacial score (nSPS) is 11.6. The third kappa shape index (κ3) is 3.38. The average molecular weight is 262 g/mol. The summed E-state index contributed by atoms with van der Waals surface area (Å²) in [6.45, 7) is 2.13. The monoisotopic (exact) mass is 262 g/mol. The van der Waals surface area contributed by atoms with E-state index in [1.165, 1.54) is 0 Å². The molecular weight excluding hydrogens is 247 g/mol. The predicted molar refractivity (Wildman–Crippen MR) is 70.3 cm³/mol. The molecular formula is C13H15FN4O. The van der Waals surface area contributed by atoms with E-state index in [9.17, 15) is 4.39 Å². The van der Waals surface area contributed by atoms with Gasteiger partial charge in [0, 0.05) is 17.7 Å². The first-order valence-corrected chi connectivity index (χ1v) is 5.83.